The van der Waals surface area contributed by atoms with Gasteiger partial charge in [0.15, 0.2) is 5.60 Å². The molecule has 0 saturated heterocycles. The zero-order valence-corrected chi connectivity index (χ0v) is 15.8. The standard InChI is InChI=1S/C20H21ClF2O3/c1-13(2)25-18(24)19(3,4)26-15-11-9-14(10-12-15)20(22,23)16-7-5-6-8-17(16)21/h5-13H,1-4H3. The van der Waals surface area contributed by atoms with E-state index in [1.807, 2.05) is 0 Å². The molecule has 0 unspecified atom stereocenters. The zero-order valence-electron chi connectivity index (χ0n) is 15.1. The first-order valence-electron chi connectivity index (χ1n) is 8.17. The molecule has 0 radical (unpaired) electrons. The monoisotopic (exact) mass is 382 g/mol. The van der Waals surface area contributed by atoms with Gasteiger partial charge in [0.25, 0.3) is 5.92 Å². The van der Waals surface area contributed by atoms with Crippen LogP contribution in [0.2, 0.25) is 5.02 Å². The number of benzene rings is 2. The molecule has 2 aromatic carbocycles. The predicted octanol–water partition coefficient (Wildman–Crippen LogP) is 5.59. The Labute approximate surface area is 156 Å². The van der Waals surface area contributed by atoms with Crippen molar-refractivity contribution in [2.24, 2.45) is 0 Å². The number of carbonyl (C=O) groups is 1. The summed E-state index contributed by atoms with van der Waals surface area (Å²) in [6.45, 7) is 6.59. The van der Waals surface area contributed by atoms with Crippen molar-refractivity contribution in [1.29, 1.82) is 0 Å². The van der Waals surface area contributed by atoms with Gasteiger partial charge in [-0.3, -0.25) is 0 Å². The van der Waals surface area contributed by atoms with Gasteiger partial charge < -0.3 is 9.47 Å². The molecule has 0 aliphatic rings. The second-order valence-electron chi connectivity index (χ2n) is 6.65. The molecular weight excluding hydrogens is 362 g/mol. The van der Waals surface area contributed by atoms with Crippen molar-refractivity contribution >= 4 is 17.6 Å². The van der Waals surface area contributed by atoms with E-state index >= 15 is 0 Å². The van der Waals surface area contributed by atoms with E-state index in [2.05, 4.69) is 0 Å². The molecule has 0 spiro atoms. The van der Waals surface area contributed by atoms with Gasteiger partial charge in [-0.05, 0) is 58.0 Å². The van der Waals surface area contributed by atoms with Crippen LogP contribution in [-0.4, -0.2) is 17.7 Å². The first-order chi connectivity index (χ1) is 12.0. The minimum absolute atomic E-state index is 0.00427. The fourth-order valence-corrected chi connectivity index (χ4v) is 2.55. The molecule has 0 aromatic heterocycles. The Balaban J connectivity index is 2.20. The van der Waals surface area contributed by atoms with Crippen molar-refractivity contribution in [2.45, 2.75) is 45.3 Å². The largest absolute Gasteiger partial charge is 0.476 e. The summed E-state index contributed by atoms with van der Waals surface area (Å²) in [5.74, 6) is -3.49. The predicted molar refractivity (Wildman–Crippen MR) is 96.8 cm³/mol. The Kier molecular flexibility index (Phi) is 5.91. The van der Waals surface area contributed by atoms with Crippen LogP contribution in [-0.2, 0) is 15.5 Å². The van der Waals surface area contributed by atoms with Crippen LogP contribution in [0.3, 0.4) is 0 Å². The van der Waals surface area contributed by atoms with E-state index in [1.165, 1.54) is 42.5 Å². The van der Waals surface area contributed by atoms with Gasteiger partial charge in [-0.1, -0.05) is 29.8 Å². The highest BCUT2D eigenvalue weighted by molar-refractivity contribution is 6.31. The maximum atomic E-state index is 14.7. The van der Waals surface area contributed by atoms with Gasteiger partial charge in [-0.15, -0.1) is 0 Å². The van der Waals surface area contributed by atoms with E-state index in [-0.39, 0.29) is 28.0 Å². The van der Waals surface area contributed by atoms with Crippen LogP contribution >= 0.6 is 11.6 Å². The molecule has 0 N–H and O–H groups in total. The Bertz CT molecular complexity index is 771. The maximum absolute atomic E-state index is 14.7. The number of ether oxygens (including phenoxy) is 2. The number of carbonyl (C=O) groups excluding carboxylic acids is 1. The van der Waals surface area contributed by atoms with Gasteiger partial charge in [-0.2, -0.15) is 8.78 Å². The zero-order chi connectivity index (χ0) is 19.5. The van der Waals surface area contributed by atoms with Gasteiger partial charge in [0.05, 0.1) is 11.1 Å². The summed E-state index contributed by atoms with van der Waals surface area (Å²) in [5.41, 5.74) is -1.73. The highest BCUT2D eigenvalue weighted by Gasteiger charge is 2.36. The fourth-order valence-electron chi connectivity index (χ4n) is 2.30. The average molecular weight is 383 g/mol. The minimum atomic E-state index is -3.25. The molecule has 2 aromatic rings. The highest BCUT2D eigenvalue weighted by Crippen LogP contribution is 2.39. The van der Waals surface area contributed by atoms with Crippen LogP contribution in [0.4, 0.5) is 8.78 Å². The average Bonchev–Trinajstić information content (AvgIpc) is 2.54. The van der Waals surface area contributed by atoms with Gasteiger partial charge >= 0.3 is 5.97 Å². The van der Waals surface area contributed by atoms with E-state index in [9.17, 15) is 13.6 Å². The van der Waals surface area contributed by atoms with E-state index in [4.69, 9.17) is 21.1 Å². The molecule has 0 aliphatic heterocycles. The molecule has 0 atom stereocenters. The van der Waals surface area contributed by atoms with Gasteiger partial charge in [0.1, 0.15) is 5.75 Å². The van der Waals surface area contributed by atoms with Crippen molar-refractivity contribution < 1.29 is 23.0 Å². The fraction of sp³-hybridized carbons (Fsp3) is 0.350. The van der Waals surface area contributed by atoms with Crippen LogP contribution in [0.25, 0.3) is 0 Å². The summed E-state index contributed by atoms with van der Waals surface area (Å²) < 4.78 is 40.1. The molecule has 0 fully saturated rings. The molecule has 3 nitrogen and oxygen atoms in total. The quantitative estimate of drug-likeness (QED) is 0.611. The summed E-state index contributed by atoms with van der Waals surface area (Å²) in [6, 6.07) is 11.1. The van der Waals surface area contributed by atoms with Crippen LogP contribution in [0.15, 0.2) is 48.5 Å². The summed E-state index contributed by atoms with van der Waals surface area (Å²) in [7, 11) is 0. The third-order valence-electron chi connectivity index (χ3n) is 3.64. The van der Waals surface area contributed by atoms with E-state index in [0.29, 0.717) is 0 Å². The summed E-state index contributed by atoms with van der Waals surface area (Å²) >= 11 is 5.90. The lowest BCUT2D eigenvalue weighted by Crippen LogP contribution is -2.40. The molecule has 140 valence electrons. The molecule has 6 heteroatoms. The van der Waals surface area contributed by atoms with Crippen LogP contribution in [0.5, 0.6) is 5.75 Å². The van der Waals surface area contributed by atoms with Crippen LogP contribution in [0.1, 0.15) is 38.8 Å². The molecule has 0 amide bonds. The van der Waals surface area contributed by atoms with Crippen LogP contribution in [0, 0.1) is 0 Å². The van der Waals surface area contributed by atoms with Crippen molar-refractivity contribution in [1.82, 2.24) is 0 Å². The first-order valence-corrected chi connectivity index (χ1v) is 8.55. The third-order valence-corrected chi connectivity index (χ3v) is 3.97. The molecule has 0 saturated carbocycles. The molecule has 26 heavy (non-hydrogen) atoms. The number of alkyl halides is 2. The number of hydrogen-bond acceptors (Lipinski definition) is 3. The van der Waals surface area contributed by atoms with Gasteiger partial charge in [0, 0.05) is 11.1 Å². The van der Waals surface area contributed by atoms with Crippen molar-refractivity contribution in [3.63, 3.8) is 0 Å². The van der Waals surface area contributed by atoms with Gasteiger partial charge in [0.2, 0.25) is 0 Å². The lowest BCUT2D eigenvalue weighted by Gasteiger charge is -2.26. The van der Waals surface area contributed by atoms with Crippen molar-refractivity contribution in [3.8, 4) is 5.75 Å². The molecule has 0 heterocycles. The second-order valence-corrected chi connectivity index (χ2v) is 7.05. The molecular formula is C20H21ClF2O3. The van der Waals surface area contributed by atoms with Crippen LogP contribution < -0.4 is 4.74 Å². The maximum Gasteiger partial charge on any atom is 0.350 e. The Hall–Kier alpha value is -2.14. The van der Waals surface area contributed by atoms with Gasteiger partial charge in [-0.25, -0.2) is 4.79 Å². The molecule has 0 bridgehead atoms. The smallest absolute Gasteiger partial charge is 0.350 e. The molecule has 0 aliphatic carbocycles. The first kappa shape index (κ1) is 20.2. The SMILES string of the molecule is CC(C)OC(=O)C(C)(C)Oc1ccc(C(F)(F)c2ccccc2Cl)cc1. The third kappa shape index (κ3) is 4.52. The number of esters is 1. The van der Waals surface area contributed by atoms with Crippen molar-refractivity contribution in [2.75, 3.05) is 0 Å². The molecule has 2 rings (SSSR count). The minimum Gasteiger partial charge on any atom is -0.476 e. The summed E-state index contributed by atoms with van der Waals surface area (Å²) in [5, 5.41) is -0.00427. The lowest BCUT2D eigenvalue weighted by molar-refractivity contribution is -0.163. The number of hydrogen-bond donors (Lipinski definition) is 0. The Morgan fingerprint density at radius 2 is 1.62 bits per heavy atom. The summed E-state index contributed by atoms with van der Waals surface area (Å²) in [4.78, 5) is 12.0. The number of rotatable bonds is 6. The topological polar surface area (TPSA) is 35.5 Å². The highest BCUT2D eigenvalue weighted by atomic mass is 35.5. The Morgan fingerprint density at radius 3 is 2.15 bits per heavy atom. The normalized spacial score (nSPS) is 12.2. The lowest BCUT2D eigenvalue weighted by atomic mass is 10.00. The Morgan fingerprint density at radius 1 is 1.04 bits per heavy atom. The van der Waals surface area contributed by atoms with Crippen molar-refractivity contribution in [3.05, 3.63) is 64.7 Å². The number of halogens is 3. The summed E-state index contributed by atoms with van der Waals surface area (Å²) in [6.07, 6.45) is -0.276. The van der Waals surface area contributed by atoms with E-state index < -0.39 is 17.5 Å². The van der Waals surface area contributed by atoms with E-state index in [0.717, 1.165) is 0 Å². The van der Waals surface area contributed by atoms with E-state index in [1.54, 1.807) is 33.8 Å². The second kappa shape index (κ2) is 7.62.